The SMILES string of the molecule is Cc1nc2ccc(-c3csc(CO)n3)cc2o1. The van der Waals surface area contributed by atoms with Gasteiger partial charge in [0.25, 0.3) is 0 Å². The number of aliphatic hydroxyl groups excluding tert-OH is 1. The lowest BCUT2D eigenvalue weighted by atomic mass is 10.1. The fourth-order valence-electron chi connectivity index (χ4n) is 1.72. The number of aromatic nitrogens is 2. The highest BCUT2D eigenvalue weighted by molar-refractivity contribution is 7.09. The van der Waals surface area contributed by atoms with Gasteiger partial charge in [0.05, 0.1) is 12.3 Å². The van der Waals surface area contributed by atoms with Crippen molar-refractivity contribution in [1.29, 1.82) is 0 Å². The molecule has 3 aromatic rings. The van der Waals surface area contributed by atoms with E-state index in [0.29, 0.717) is 10.9 Å². The van der Waals surface area contributed by atoms with Gasteiger partial charge < -0.3 is 9.52 Å². The van der Waals surface area contributed by atoms with Crippen molar-refractivity contribution >= 4 is 22.4 Å². The molecule has 0 atom stereocenters. The molecule has 5 heteroatoms. The first-order valence-corrected chi connectivity index (χ1v) is 6.07. The maximum atomic E-state index is 8.99. The number of hydrogen-bond acceptors (Lipinski definition) is 5. The summed E-state index contributed by atoms with van der Waals surface area (Å²) in [5.74, 6) is 0.659. The van der Waals surface area contributed by atoms with Crippen molar-refractivity contribution in [2.45, 2.75) is 13.5 Å². The molecule has 3 rings (SSSR count). The second-order valence-corrected chi connectivity index (χ2v) is 4.64. The smallest absolute Gasteiger partial charge is 0.192 e. The molecule has 0 fully saturated rings. The molecule has 1 aromatic carbocycles. The Labute approximate surface area is 102 Å². The van der Waals surface area contributed by atoms with Crippen LogP contribution in [0.15, 0.2) is 28.0 Å². The Morgan fingerprint density at radius 2 is 2.24 bits per heavy atom. The fourth-order valence-corrected chi connectivity index (χ4v) is 2.38. The average Bonchev–Trinajstić information content (AvgIpc) is 2.92. The third kappa shape index (κ3) is 1.83. The number of hydrogen-bond donors (Lipinski definition) is 1. The maximum absolute atomic E-state index is 8.99. The van der Waals surface area contributed by atoms with Crippen molar-refractivity contribution in [3.63, 3.8) is 0 Å². The van der Waals surface area contributed by atoms with Gasteiger partial charge in [-0.05, 0) is 12.1 Å². The molecule has 0 aliphatic rings. The molecule has 0 radical (unpaired) electrons. The summed E-state index contributed by atoms with van der Waals surface area (Å²) in [5, 5.41) is 11.6. The first-order chi connectivity index (χ1) is 8.26. The number of thiazole rings is 1. The quantitative estimate of drug-likeness (QED) is 0.755. The number of aryl methyl sites for hydroxylation is 1. The zero-order chi connectivity index (χ0) is 11.8. The van der Waals surface area contributed by atoms with Crippen LogP contribution in [0.1, 0.15) is 10.9 Å². The van der Waals surface area contributed by atoms with Crippen molar-refractivity contribution in [3.8, 4) is 11.3 Å². The number of oxazole rings is 1. The van der Waals surface area contributed by atoms with E-state index in [9.17, 15) is 0 Å². The Hall–Kier alpha value is -1.72. The fraction of sp³-hybridized carbons (Fsp3) is 0.167. The van der Waals surface area contributed by atoms with E-state index < -0.39 is 0 Å². The van der Waals surface area contributed by atoms with Crippen LogP contribution >= 0.6 is 11.3 Å². The summed E-state index contributed by atoms with van der Waals surface area (Å²) in [6.07, 6.45) is 0. The Bertz CT molecular complexity index is 672. The summed E-state index contributed by atoms with van der Waals surface area (Å²) >= 11 is 1.45. The lowest BCUT2D eigenvalue weighted by molar-refractivity contribution is 0.281. The highest BCUT2D eigenvalue weighted by Crippen LogP contribution is 2.26. The zero-order valence-corrected chi connectivity index (χ0v) is 9.99. The Balaban J connectivity index is 2.10. The van der Waals surface area contributed by atoms with Crippen LogP contribution in [0.4, 0.5) is 0 Å². The molecule has 4 nitrogen and oxygen atoms in total. The molecule has 1 N–H and O–H groups in total. The molecule has 17 heavy (non-hydrogen) atoms. The van der Waals surface area contributed by atoms with Crippen LogP contribution in [0.5, 0.6) is 0 Å². The molecule has 0 saturated carbocycles. The second-order valence-electron chi connectivity index (χ2n) is 3.70. The van der Waals surface area contributed by atoms with Crippen LogP contribution in [-0.2, 0) is 6.61 Å². The largest absolute Gasteiger partial charge is 0.441 e. The molecular weight excluding hydrogens is 236 g/mol. The molecule has 0 amide bonds. The minimum absolute atomic E-state index is 0.0195. The van der Waals surface area contributed by atoms with E-state index in [1.807, 2.05) is 30.5 Å². The van der Waals surface area contributed by atoms with Crippen LogP contribution < -0.4 is 0 Å². The lowest BCUT2D eigenvalue weighted by Crippen LogP contribution is -1.82. The molecule has 0 spiro atoms. The highest BCUT2D eigenvalue weighted by atomic mass is 32.1. The predicted molar refractivity (Wildman–Crippen MR) is 65.8 cm³/mol. The topological polar surface area (TPSA) is 59.2 Å². The maximum Gasteiger partial charge on any atom is 0.192 e. The van der Waals surface area contributed by atoms with Crippen LogP contribution in [0.3, 0.4) is 0 Å². The molecule has 0 unspecified atom stereocenters. The van der Waals surface area contributed by atoms with E-state index in [0.717, 1.165) is 22.4 Å². The van der Waals surface area contributed by atoms with E-state index in [1.165, 1.54) is 11.3 Å². The highest BCUT2D eigenvalue weighted by Gasteiger charge is 2.07. The van der Waals surface area contributed by atoms with Crippen LogP contribution in [0, 0.1) is 6.92 Å². The molecular formula is C12H10N2O2S. The van der Waals surface area contributed by atoms with E-state index in [2.05, 4.69) is 9.97 Å². The molecule has 0 aliphatic carbocycles. The van der Waals surface area contributed by atoms with Crippen LogP contribution in [0.25, 0.3) is 22.4 Å². The minimum atomic E-state index is -0.0195. The van der Waals surface area contributed by atoms with Crippen LogP contribution in [0.2, 0.25) is 0 Å². The first-order valence-electron chi connectivity index (χ1n) is 5.19. The Morgan fingerprint density at radius 3 is 3.00 bits per heavy atom. The summed E-state index contributed by atoms with van der Waals surface area (Å²) in [7, 11) is 0. The average molecular weight is 246 g/mol. The van der Waals surface area contributed by atoms with Gasteiger partial charge in [0.15, 0.2) is 11.5 Å². The van der Waals surface area contributed by atoms with E-state index in [4.69, 9.17) is 9.52 Å². The third-order valence-electron chi connectivity index (χ3n) is 2.48. The standard InChI is InChI=1S/C12H10N2O2S/c1-7-13-9-3-2-8(4-11(9)16-7)10-6-17-12(5-15)14-10/h2-4,6,15H,5H2,1H3. The Morgan fingerprint density at radius 1 is 1.35 bits per heavy atom. The van der Waals surface area contributed by atoms with E-state index in [-0.39, 0.29) is 6.61 Å². The van der Waals surface area contributed by atoms with Gasteiger partial charge in [0.1, 0.15) is 10.5 Å². The van der Waals surface area contributed by atoms with Gasteiger partial charge in [-0.1, -0.05) is 6.07 Å². The van der Waals surface area contributed by atoms with Gasteiger partial charge >= 0.3 is 0 Å². The van der Waals surface area contributed by atoms with Crippen molar-refractivity contribution in [1.82, 2.24) is 9.97 Å². The molecule has 86 valence electrons. The number of rotatable bonds is 2. The van der Waals surface area contributed by atoms with Gasteiger partial charge in [-0.25, -0.2) is 9.97 Å². The molecule has 0 bridgehead atoms. The van der Waals surface area contributed by atoms with Crippen molar-refractivity contribution in [3.05, 3.63) is 34.5 Å². The van der Waals surface area contributed by atoms with Gasteiger partial charge in [0, 0.05) is 17.9 Å². The van der Waals surface area contributed by atoms with E-state index >= 15 is 0 Å². The molecule has 0 saturated heterocycles. The summed E-state index contributed by atoms with van der Waals surface area (Å²) in [5.41, 5.74) is 3.45. The zero-order valence-electron chi connectivity index (χ0n) is 9.17. The normalized spacial score (nSPS) is 11.2. The molecule has 2 heterocycles. The number of nitrogens with zero attached hydrogens (tertiary/aromatic N) is 2. The second kappa shape index (κ2) is 3.94. The van der Waals surface area contributed by atoms with Crippen molar-refractivity contribution < 1.29 is 9.52 Å². The summed E-state index contributed by atoms with van der Waals surface area (Å²) in [6.45, 7) is 1.81. The van der Waals surface area contributed by atoms with Crippen LogP contribution in [-0.4, -0.2) is 15.1 Å². The van der Waals surface area contributed by atoms with E-state index in [1.54, 1.807) is 0 Å². The summed E-state index contributed by atoms with van der Waals surface area (Å²) in [4.78, 5) is 8.56. The molecule has 0 aliphatic heterocycles. The van der Waals surface area contributed by atoms with Gasteiger partial charge in [0.2, 0.25) is 0 Å². The van der Waals surface area contributed by atoms with Gasteiger partial charge in [-0.15, -0.1) is 11.3 Å². The monoisotopic (exact) mass is 246 g/mol. The van der Waals surface area contributed by atoms with Crippen molar-refractivity contribution in [2.24, 2.45) is 0 Å². The lowest BCUT2D eigenvalue weighted by Gasteiger charge is -1.95. The Kier molecular flexibility index (Phi) is 2.42. The first kappa shape index (κ1) is 10.4. The van der Waals surface area contributed by atoms with Gasteiger partial charge in [-0.3, -0.25) is 0 Å². The number of fused-ring (bicyclic) bond motifs is 1. The summed E-state index contributed by atoms with van der Waals surface area (Å²) < 4.78 is 5.48. The number of aliphatic hydroxyl groups is 1. The summed E-state index contributed by atoms with van der Waals surface area (Å²) in [6, 6.07) is 5.80. The van der Waals surface area contributed by atoms with Crippen molar-refractivity contribution in [2.75, 3.05) is 0 Å². The number of benzene rings is 1. The third-order valence-corrected chi connectivity index (χ3v) is 3.31. The van der Waals surface area contributed by atoms with Gasteiger partial charge in [-0.2, -0.15) is 0 Å². The predicted octanol–water partition coefficient (Wildman–Crippen LogP) is 2.75. The molecule has 2 aromatic heterocycles. The minimum Gasteiger partial charge on any atom is -0.441 e.